The Labute approximate surface area is 176 Å². The lowest BCUT2D eigenvalue weighted by Gasteiger charge is -2.18. The van der Waals surface area contributed by atoms with Crippen LogP contribution in [0.2, 0.25) is 0 Å². The van der Waals surface area contributed by atoms with E-state index >= 15 is 0 Å². The quantitative estimate of drug-likeness (QED) is 0.482. The van der Waals surface area contributed by atoms with Crippen LogP contribution in [0.15, 0.2) is 23.4 Å². The number of nitrogens with zero attached hydrogens (tertiary/aromatic N) is 2. The first kappa shape index (κ1) is 21.7. The molecule has 158 valence electrons. The molecule has 1 aromatic carbocycles. The van der Waals surface area contributed by atoms with Crippen LogP contribution in [0.4, 0.5) is 0 Å². The van der Waals surface area contributed by atoms with Gasteiger partial charge in [0, 0.05) is 23.1 Å². The van der Waals surface area contributed by atoms with Crippen LogP contribution in [0.5, 0.6) is 11.5 Å². The number of ketones is 1. The van der Waals surface area contributed by atoms with Gasteiger partial charge in [-0.3, -0.25) is 4.79 Å². The third kappa shape index (κ3) is 5.14. The first-order valence-electron chi connectivity index (χ1n) is 10.1. The van der Waals surface area contributed by atoms with E-state index in [9.17, 15) is 9.90 Å². The summed E-state index contributed by atoms with van der Waals surface area (Å²) in [6.07, 6.45) is 4.29. The number of methoxy groups -OCH3 is 1. The summed E-state index contributed by atoms with van der Waals surface area (Å²) in [7, 11) is 1.53. The zero-order valence-electron chi connectivity index (χ0n) is 17.6. The Morgan fingerprint density at radius 2 is 2.03 bits per heavy atom. The van der Waals surface area contributed by atoms with E-state index in [1.807, 2.05) is 6.92 Å². The van der Waals surface area contributed by atoms with Crippen LogP contribution in [0.25, 0.3) is 0 Å². The SMILES string of the molecule is COc1cc(C(C)=O)ccc1OCC(O)CSc1nc(C)c(C)n1C1CCCC1. The van der Waals surface area contributed by atoms with Crippen LogP contribution in [-0.2, 0) is 0 Å². The van der Waals surface area contributed by atoms with Gasteiger partial charge < -0.3 is 19.1 Å². The van der Waals surface area contributed by atoms with E-state index in [1.165, 1.54) is 45.4 Å². The van der Waals surface area contributed by atoms with Crippen molar-refractivity contribution in [1.82, 2.24) is 9.55 Å². The fourth-order valence-electron chi connectivity index (χ4n) is 3.70. The number of Topliss-reactive ketones (excluding diaryl/α,β-unsaturated/α-hetero) is 1. The molecule has 1 atom stereocenters. The third-order valence-corrected chi connectivity index (χ3v) is 6.55. The van der Waals surface area contributed by atoms with E-state index in [4.69, 9.17) is 14.5 Å². The molecule has 1 fully saturated rings. The molecule has 1 aliphatic carbocycles. The topological polar surface area (TPSA) is 73.6 Å². The van der Waals surface area contributed by atoms with Crippen LogP contribution in [0.3, 0.4) is 0 Å². The van der Waals surface area contributed by atoms with E-state index in [2.05, 4.69) is 11.5 Å². The van der Waals surface area contributed by atoms with E-state index in [-0.39, 0.29) is 12.4 Å². The summed E-state index contributed by atoms with van der Waals surface area (Å²) in [4.78, 5) is 16.2. The van der Waals surface area contributed by atoms with Gasteiger partial charge in [0.15, 0.2) is 22.4 Å². The summed E-state index contributed by atoms with van der Waals surface area (Å²) >= 11 is 1.57. The molecule has 1 saturated carbocycles. The number of thioether (sulfide) groups is 1. The highest BCUT2D eigenvalue weighted by molar-refractivity contribution is 7.99. The minimum absolute atomic E-state index is 0.0327. The second-order valence-electron chi connectivity index (χ2n) is 7.57. The Bertz CT molecular complexity index is 859. The van der Waals surface area contributed by atoms with Gasteiger partial charge in [-0.1, -0.05) is 24.6 Å². The number of carbonyl (C=O) groups excluding carboxylic acids is 1. The number of aromatic nitrogens is 2. The molecule has 0 aliphatic heterocycles. The second kappa shape index (κ2) is 9.67. The van der Waals surface area contributed by atoms with E-state index < -0.39 is 6.10 Å². The number of hydrogen-bond donors (Lipinski definition) is 1. The molecule has 1 unspecified atom stereocenters. The summed E-state index contributed by atoms with van der Waals surface area (Å²) in [5.41, 5.74) is 2.84. The highest BCUT2D eigenvalue weighted by Crippen LogP contribution is 2.35. The summed E-state index contributed by atoms with van der Waals surface area (Å²) in [5, 5.41) is 11.4. The number of rotatable bonds is 9. The molecule has 7 heteroatoms. The lowest BCUT2D eigenvalue weighted by molar-refractivity contribution is 0.101. The third-order valence-electron chi connectivity index (χ3n) is 5.45. The Morgan fingerprint density at radius 1 is 1.31 bits per heavy atom. The highest BCUT2D eigenvalue weighted by atomic mass is 32.2. The molecule has 0 bridgehead atoms. The van der Waals surface area contributed by atoms with Crippen LogP contribution < -0.4 is 9.47 Å². The first-order valence-corrected chi connectivity index (χ1v) is 11.1. The average molecular weight is 419 g/mol. The number of aryl methyl sites for hydroxylation is 1. The maximum atomic E-state index is 11.5. The van der Waals surface area contributed by atoms with Gasteiger partial charge in [-0.05, 0) is 51.8 Å². The van der Waals surface area contributed by atoms with Crippen molar-refractivity contribution in [2.24, 2.45) is 0 Å². The van der Waals surface area contributed by atoms with Crippen molar-refractivity contribution in [3.05, 3.63) is 35.2 Å². The van der Waals surface area contributed by atoms with Crippen molar-refractivity contribution >= 4 is 17.5 Å². The van der Waals surface area contributed by atoms with Crippen LogP contribution in [0.1, 0.15) is 60.4 Å². The van der Waals surface area contributed by atoms with Crippen molar-refractivity contribution < 1.29 is 19.4 Å². The van der Waals surface area contributed by atoms with Gasteiger partial charge in [-0.15, -0.1) is 0 Å². The normalized spacial score (nSPS) is 15.5. The second-order valence-corrected chi connectivity index (χ2v) is 8.56. The van der Waals surface area contributed by atoms with Crippen molar-refractivity contribution in [1.29, 1.82) is 0 Å². The molecule has 2 aromatic rings. The average Bonchev–Trinajstić information content (AvgIpc) is 3.32. The van der Waals surface area contributed by atoms with Gasteiger partial charge in [0.2, 0.25) is 0 Å². The molecule has 0 radical (unpaired) electrons. The number of carbonyl (C=O) groups is 1. The van der Waals surface area contributed by atoms with Crippen molar-refractivity contribution in [2.75, 3.05) is 19.5 Å². The van der Waals surface area contributed by atoms with Gasteiger partial charge in [-0.25, -0.2) is 4.98 Å². The Balaban J connectivity index is 1.59. The number of aliphatic hydroxyl groups excluding tert-OH is 1. The Morgan fingerprint density at radius 3 is 2.69 bits per heavy atom. The number of aliphatic hydroxyl groups is 1. The fraction of sp³-hybridized carbons (Fsp3) is 0.545. The lowest BCUT2D eigenvalue weighted by atomic mass is 10.1. The predicted molar refractivity (Wildman–Crippen MR) is 114 cm³/mol. The van der Waals surface area contributed by atoms with Gasteiger partial charge in [0.1, 0.15) is 6.61 Å². The molecule has 29 heavy (non-hydrogen) atoms. The molecular formula is C22H30N2O4S. The van der Waals surface area contributed by atoms with Gasteiger partial charge in [0.25, 0.3) is 0 Å². The molecule has 1 N–H and O–H groups in total. The molecule has 0 amide bonds. The van der Waals surface area contributed by atoms with Crippen LogP contribution in [-0.4, -0.2) is 46.0 Å². The molecular weight excluding hydrogens is 388 g/mol. The maximum Gasteiger partial charge on any atom is 0.168 e. The first-order chi connectivity index (χ1) is 13.9. The standard InChI is InChI=1S/C22H30N2O4S/c1-14-15(2)24(18-7-5-6-8-18)22(23-14)29-13-19(26)12-28-20-10-9-17(16(3)25)11-21(20)27-4/h9-11,18-19,26H,5-8,12-13H2,1-4H3. The summed E-state index contributed by atoms with van der Waals surface area (Å²) in [6.45, 7) is 5.82. The Kier molecular flexibility index (Phi) is 7.24. The highest BCUT2D eigenvalue weighted by Gasteiger charge is 2.23. The zero-order valence-corrected chi connectivity index (χ0v) is 18.4. The number of imidazole rings is 1. The molecule has 1 heterocycles. The summed E-state index contributed by atoms with van der Waals surface area (Å²) < 4.78 is 13.4. The van der Waals surface area contributed by atoms with Crippen LogP contribution >= 0.6 is 11.8 Å². The van der Waals surface area contributed by atoms with Crippen molar-refractivity contribution in [3.63, 3.8) is 0 Å². The summed E-state index contributed by atoms with van der Waals surface area (Å²) in [5.74, 6) is 1.46. The van der Waals surface area contributed by atoms with Gasteiger partial charge >= 0.3 is 0 Å². The monoisotopic (exact) mass is 418 g/mol. The molecule has 0 saturated heterocycles. The minimum Gasteiger partial charge on any atom is -0.493 e. The van der Waals surface area contributed by atoms with Crippen molar-refractivity contribution in [2.45, 2.75) is 63.8 Å². The smallest absolute Gasteiger partial charge is 0.168 e. The largest absolute Gasteiger partial charge is 0.493 e. The van der Waals surface area contributed by atoms with Gasteiger partial charge in [0.05, 0.1) is 18.9 Å². The van der Waals surface area contributed by atoms with E-state index in [1.54, 1.807) is 30.0 Å². The van der Waals surface area contributed by atoms with E-state index in [0.717, 1.165) is 10.9 Å². The van der Waals surface area contributed by atoms with Crippen molar-refractivity contribution in [3.8, 4) is 11.5 Å². The zero-order chi connectivity index (χ0) is 21.0. The van der Waals surface area contributed by atoms with Crippen LogP contribution in [0, 0.1) is 13.8 Å². The minimum atomic E-state index is -0.647. The maximum absolute atomic E-state index is 11.5. The molecule has 1 aliphatic rings. The molecule has 0 spiro atoms. The number of hydrogen-bond acceptors (Lipinski definition) is 6. The number of benzene rings is 1. The molecule has 1 aromatic heterocycles. The van der Waals surface area contributed by atoms with E-state index in [0.29, 0.717) is 28.9 Å². The Hall–Kier alpha value is -1.99. The predicted octanol–water partition coefficient (Wildman–Crippen LogP) is 4.36. The summed E-state index contributed by atoms with van der Waals surface area (Å²) in [6, 6.07) is 5.58. The molecule has 6 nitrogen and oxygen atoms in total. The fourth-order valence-corrected chi connectivity index (χ4v) is 4.77. The number of ether oxygens (including phenoxy) is 2. The lowest BCUT2D eigenvalue weighted by Crippen LogP contribution is -2.21. The van der Waals surface area contributed by atoms with Gasteiger partial charge in [-0.2, -0.15) is 0 Å². The molecule has 3 rings (SSSR count).